The van der Waals surface area contributed by atoms with Crippen molar-refractivity contribution in [2.45, 2.75) is 43.5 Å². The molecule has 0 unspecified atom stereocenters. The molecular weight excluding hydrogens is 400 g/mol. The van der Waals surface area contributed by atoms with Crippen LogP contribution < -0.4 is 14.8 Å². The molecule has 2 aromatic carbocycles. The van der Waals surface area contributed by atoms with Crippen LogP contribution >= 0.6 is 11.8 Å². The molecule has 2 amide bonds. The zero-order valence-electron chi connectivity index (χ0n) is 17.8. The minimum absolute atomic E-state index is 0.150. The van der Waals surface area contributed by atoms with E-state index in [1.807, 2.05) is 57.2 Å². The monoisotopic (exact) mass is 426 g/mol. The molecule has 2 atom stereocenters. The summed E-state index contributed by atoms with van der Waals surface area (Å²) in [6.07, 6.45) is 0. The second kappa shape index (κ2) is 7.54. The van der Waals surface area contributed by atoms with Crippen LogP contribution in [-0.4, -0.2) is 41.7 Å². The Labute approximate surface area is 180 Å². The smallest absolute Gasteiger partial charge is 0.260 e. The van der Waals surface area contributed by atoms with Crippen molar-refractivity contribution < 1.29 is 19.1 Å². The number of rotatable bonds is 5. The summed E-state index contributed by atoms with van der Waals surface area (Å²) < 4.78 is 10.4. The van der Waals surface area contributed by atoms with E-state index in [2.05, 4.69) is 5.32 Å². The number of benzene rings is 2. The summed E-state index contributed by atoms with van der Waals surface area (Å²) in [4.78, 5) is 28.4. The van der Waals surface area contributed by atoms with Gasteiger partial charge in [0.25, 0.3) is 5.91 Å². The predicted octanol–water partition coefficient (Wildman–Crippen LogP) is 3.68. The Morgan fingerprint density at radius 2 is 1.83 bits per heavy atom. The Morgan fingerprint density at radius 3 is 2.47 bits per heavy atom. The van der Waals surface area contributed by atoms with Crippen LogP contribution in [0.4, 0.5) is 0 Å². The Bertz CT molecular complexity index is 1000. The van der Waals surface area contributed by atoms with Crippen molar-refractivity contribution in [1.29, 1.82) is 0 Å². The molecule has 4 rings (SSSR count). The zero-order chi connectivity index (χ0) is 21.6. The molecule has 7 heteroatoms. The molecule has 30 heavy (non-hydrogen) atoms. The summed E-state index contributed by atoms with van der Waals surface area (Å²) in [5.41, 5.74) is 3.55. The highest BCUT2D eigenvalue weighted by atomic mass is 32.2. The molecule has 2 heterocycles. The van der Waals surface area contributed by atoms with Crippen LogP contribution in [0.15, 0.2) is 36.4 Å². The second-order valence-corrected chi connectivity index (χ2v) is 9.89. The van der Waals surface area contributed by atoms with Crippen LogP contribution in [0, 0.1) is 6.92 Å². The molecule has 2 aliphatic rings. The predicted molar refractivity (Wildman–Crippen MR) is 117 cm³/mol. The molecule has 1 fully saturated rings. The maximum absolute atomic E-state index is 13.4. The number of carbonyl (C=O) groups excluding carboxylic acids is 2. The maximum atomic E-state index is 13.4. The van der Waals surface area contributed by atoms with Gasteiger partial charge in [-0.2, -0.15) is 0 Å². The fourth-order valence-electron chi connectivity index (χ4n) is 4.25. The van der Waals surface area contributed by atoms with Crippen molar-refractivity contribution in [2.24, 2.45) is 0 Å². The molecule has 0 aliphatic carbocycles. The third kappa shape index (κ3) is 3.21. The highest BCUT2D eigenvalue weighted by Gasteiger charge is 2.58. The Hall–Kier alpha value is -2.67. The quantitative estimate of drug-likeness (QED) is 0.790. The van der Waals surface area contributed by atoms with Gasteiger partial charge in [-0.3, -0.25) is 9.59 Å². The first-order chi connectivity index (χ1) is 14.3. The van der Waals surface area contributed by atoms with Gasteiger partial charge in [-0.1, -0.05) is 35.9 Å². The first kappa shape index (κ1) is 20.6. The van der Waals surface area contributed by atoms with Gasteiger partial charge in [-0.25, -0.2) is 0 Å². The largest absolute Gasteiger partial charge is 0.493 e. The van der Waals surface area contributed by atoms with E-state index in [9.17, 15) is 9.59 Å². The van der Waals surface area contributed by atoms with Crippen molar-refractivity contribution in [3.63, 3.8) is 0 Å². The minimum Gasteiger partial charge on any atom is -0.493 e. The summed E-state index contributed by atoms with van der Waals surface area (Å²) in [5.74, 6) is 0.587. The number of hydrogen-bond acceptors (Lipinski definition) is 5. The van der Waals surface area contributed by atoms with Gasteiger partial charge in [0, 0.05) is 16.9 Å². The fourth-order valence-corrected chi connectivity index (χ4v) is 5.83. The van der Waals surface area contributed by atoms with Crippen LogP contribution in [-0.2, 0) is 11.3 Å². The van der Waals surface area contributed by atoms with Crippen molar-refractivity contribution in [3.05, 3.63) is 58.7 Å². The number of thioether (sulfide) groups is 1. The zero-order valence-corrected chi connectivity index (χ0v) is 18.6. The van der Waals surface area contributed by atoms with Gasteiger partial charge in [-0.15, -0.1) is 11.8 Å². The highest BCUT2D eigenvalue weighted by Crippen LogP contribution is 2.58. The normalized spacial score (nSPS) is 21.2. The van der Waals surface area contributed by atoms with Crippen LogP contribution in [0.2, 0.25) is 0 Å². The van der Waals surface area contributed by atoms with Gasteiger partial charge in [0.05, 0.1) is 19.8 Å². The molecular formula is C23H26N2O4S. The van der Waals surface area contributed by atoms with E-state index in [1.165, 1.54) is 12.7 Å². The number of aryl methyl sites for hydroxylation is 1. The molecule has 6 nitrogen and oxygen atoms in total. The van der Waals surface area contributed by atoms with E-state index in [1.54, 1.807) is 23.8 Å². The molecule has 2 aliphatic heterocycles. The third-order valence-electron chi connectivity index (χ3n) is 5.73. The van der Waals surface area contributed by atoms with Gasteiger partial charge >= 0.3 is 0 Å². The summed E-state index contributed by atoms with van der Waals surface area (Å²) in [6, 6.07) is 11.2. The Morgan fingerprint density at radius 1 is 1.13 bits per heavy atom. The average molecular weight is 427 g/mol. The topological polar surface area (TPSA) is 67.9 Å². The fraction of sp³-hybridized carbons (Fsp3) is 0.391. The number of nitrogens with zero attached hydrogens (tertiary/aromatic N) is 1. The number of carbonyl (C=O) groups is 2. The lowest BCUT2D eigenvalue weighted by atomic mass is 10.0. The number of ether oxygens (including phenoxy) is 2. The number of fused-ring (bicyclic) bond motifs is 3. The van der Waals surface area contributed by atoms with E-state index in [4.69, 9.17) is 9.47 Å². The average Bonchev–Trinajstić information content (AvgIpc) is 3.15. The number of nitrogens with one attached hydrogen (secondary N) is 1. The SMILES string of the molecule is COc1ccc2c(c1OC)C(=O)N1[C@@H](C(=O)NCc3ccc(C)cc3)C(C)(C)S[C@@H]21. The second-order valence-electron chi connectivity index (χ2n) is 8.16. The van der Waals surface area contributed by atoms with Crippen molar-refractivity contribution in [2.75, 3.05) is 14.2 Å². The van der Waals surface area contributed by atoms with Crippen molar-refractivity contribution >= 4 is 23.6 Å². The van der Waals surface area contributed by atoms with Gasteiger partial charge in [-0.05, 0) is 32.4 Å². The molecule has 2 aromatic rings. The molecule has 0 radical (unpaired) electrons. The van der Waals surface area contributed by atoms with Gasteiger partial charge in [0.2, 0.25) is 5.91 Å². The maximum Gasteiger partial charge on any atom is 0.260 e. The molecule has 158 valence electrons. The third-order valence-corrected chi connectivity index (χ3v) is 7.27. The summed E-state index contributed by atoms with van der Waals surface area (Å²) >= 11 is 1.63. The van der Waals surface area contributed by atoms with Crippen LogP contribution in [0.5, 0.6) is 11.5 Å². The number of methoxy groups -OCH3 is 2. The first-order valence-electron chi connectivity index (χ1n) is 9.87. The lowest BCUT2D eigenvalue weighted by Crippen LogP contribution is -2.52. The van der Waals surface area contributed by atoms with Gasteiger partial charge in [0.15, 0.2) is 11.5 Å². The molecule has 1 N–H and O–H groups in total. The van der Waals surface area contributed by atoms with Crippen LogP contribution in [0.3, 0.4) is 0 Å². The molecule has 1 saturated heterocycles. The summed E-state index contributed by atoms with van der Waals surface area (Å²) in [5, 5.41) is 2.80. The molecule has 0 aromatic heterocycles. The summed E-state index contributed by atoms with van der Waals surface area (Å²) in [7, 11) is 3.07. The minimum atomic E-state index is -0.589. The lowest BCUT2D eigenvalue weighted by molar-refractivity contribution is -0.126. The van der Waals surface area contributed by atoms with Crippen molar-refractivity contribution in [3.8, 4) is 11.5 Å². The van der Waals surface area contributed by atoms with Crippen molar-refractivity contribution in [1.82, 2.24) is 10.2 Å². The van der Waals surface area contributed by atoms with Crippen LogP contribution in [0.25, 0.3) is 0 Å². The van der Waals surface area contributed by atoms with E-state index < -0.39 is 10.8 Å². The Balaban J connectivity index is 1.63. The number of hydrogen-bond donors (Lipinski definition) is 1. The lowest BCUT2D eigenvalue weighted by Gasteiger charge is -2.29. The molecule has 0 spiro atoms. The van der Waals surface area contributed by atoms with Gasteiger partial charge < -0.3 is 19.7 Å². The van der Waals surface area contributed by atoms with E-state index in [0.29, 0.717) is 23.6 Å². The molecule has 0 bridgehead atoms. The number of amides is 2. The van der Waals surface area contributed by atoms with Crippen LogP contribution in [0.1, 0.15) is 46.3 Å². The summed E-state index contributed by atoms with van der Waals surface area (Å²) in [6.45, 7) is 6.48. The standard InChI is InChI=1S/C23H26N2O4S/c1-13-6-8-14(9-7-13)12-24-20(26)19-23(2,3)30-22-15-10-11-16(28-4)18(29-5)17(15)21(27)25(19)22/h6-11,19,22H,12H2,1-5H3,(H,24,26)/t19-,22-/m0/s1. The highest BCUT2D eigenvalue weighted by molar-refractivity contribution is 8.01. The van der Waals surface area contributed by atoms with E-state index in [0.717, 1.165) is 11.1 Å². The van der Waals surface area contributed by atoms with E-state index >= 15 is 0 Å². The van der Waals surface area contributed by atoms with Gasteiger partial charge in [0.1, 0.15) is 11.4 Å². The Kier molecular flexibility index (Phi) is 5.18. The molecule has 0 saturated carbocycles. The van der Waals surface area contributed by atoms with E-state index in [-0.39, 0.29) is 17.2 Å². The first-order valence-corrected chi connectivity index (χ1v) is 10.7.